The molecule has 0 aliphatic heterocycles. The molecule has 0 saturated carbocycles. The quantitative estimate of drug-likeness (QED) is 0.788. The Bertz CT molecular complexity index is 684. The van der Waals surface area contributed by atoms with Gasteiger partial charge < -0.3 is 14.6 Å². The molecule has 1 N–H and O–H groups in total. The molecule has 3 heterocycles. The lowest BCUT2D eigenvalue weighted by atomic mass is 10.3. The van der Waals surface area contributed by atoms with Crippen LogP contribution in [-0.4, -0.2) is 28.5 Å². The normalized spacial score (nSPS) is 10.7. The third-order valence-corrected chi connectivity index (χ3v) is 3.08. The summed E-state index contributed by atoms with van der Waals surface area (Å²) in [6, 6.07) is 9.94. The average Bonchev–Trinajstić information content (AvgIpc) is 2.88. The van der Waals surface area contributed by atoms with Crippen LogP contribution in [0.25, 0.3) is 5.65 Å². The van der Waals surface area contributed by atoms with Crippen molar-refractivity contribution in [2.24, 2.45) is 0 Å². The Hall–Kier alpha value is -2.56. The van der Waals surface area contributed by atoms with Crippen molar-refractivity contribution in [3.63, 3.8) is 0 Å². The summed E-state index contributed by atoms with van der Waals surface area (Å²) in [4.78, 5) is 10.9. The van der Waals surface area contributed by atoms with Crippen LogP contribution in [0, 0.1) is 0 Å². The van der Waals surface area contributed by atoms with Crippen LogP contribution in [0.4, 0.5) is 11.5 Å². The van der Waals surface area contributed by atoms with Crippen molar-refractivity contribution in [1.29, 1.82) is 0 Å². The first-order valence-corrected chi connectivity index (χ1v) is 6.53. The van der Waals surface area contributed by atoms with Gasteiger partial charge in [0.05, 0.1) is 17.9 Å². The molecule has 0 saturated heterocycles. The minimum atomic E-state index is 0.675. The second-order valence-corrected chi connectivity index (χ2v) is 4.82. The zero-order valence-corrected chi connectivity index (χ0v) is 11.6. The summed E-state index contributed by atoms with van der Waals surface area (Å²) in [5.41, 5.74) is 2.97. The fraction of sp³-hybridized carbons (Fsp3) is 0.200. The molecule has 0 fully saturated rings. The van der Waals surface area contributed by atoms with E-state index in [1.807, 2.05) is 66.1 Å². The Morgan fingerprint density at radius 2 is 2.10 bits per heavy atom. The zero-order chi connectivity index (χ0) is 13.9. The molecule has 102 valence electrons. The summed E-state index contributed by atoms with van der Waals surface area (Å²) in [7, 11) is 3.97. The molecule has 0 radical (unpaired) electrons. The van der Waals surface area contributed by atoms with E-state index < -0.39 is 0 Å². The van der Waals surface area contributed by atoms with Crippen molar-refractivity contribution >= 4 is 17.2 Å². The van der Waals surface area contributed by atoms with Gasteiger partial charge >= 0.3 is 0 Å². The van der Waals surface area contributed by atoms with Crippen LogP contribution in [0.5, 0.6) is 0 Å². The topological polar surface area (TPSA) is 45.5 Å². The molecule has 0 aromatic carbocycles. The van der Waals surface area contributed by atoms with Gasteiger partial charge in [-0.05, 0) is 24.3 Å². The molecule has 0 aliphatic rings. The molecule has 0 aliphatic carbocycles. The minimum Gasteiger partial charge on any atom is -0.376 e. The number of aromatic nitrogens is 3. The van der Waals surface area contributed by atoms with Gasteiger partial charge in [-0.1, -0.05) is 6.07 Å². The molecule has 3 aromatic rings. The Labute approximate surface area is 117 Å². The first-order valence-electron chi connectivity index (χ1n) is 6.53. The minimum absolute atomic E-state index is 0.675. The predicted octanol–water partition coefficient (Wildman–Crippen LogP) is 2.41. The second-order valence-electron chi connectivity index (χ2n) is 4.82. The Balaban J connectivity index is 1.79. The molecule has 0 amide bonds. The number of hydrogen-bond donors (Lipinski definition) is 1. The maximum atomic E-state index is 4.57. The monoisotopic (exact) mass is 267 g/mol. The fourth-order valence-electron chi connectivity index (χ4n) is 2.15. The van der Waals surface area contributed by atoms with Gasteiger partial charge in [-0.25, -0.2) is 9.97 Å². The Kier molecular flexibility index (Phi) is 3.25. The van der Waals surface area contributed by atoms with Crippen LogP contribution in [0.3, 0.4) is 0 Å². The number of anilines is 2. The number of fused-ring (bicyclic) bond motifs is 1. The first kappa shape index (κ1) is 12.5. The highest BCUT2D eigenvalue weighted by Crippen LogP contribution is 2.20. The molecule has 20 heavy (non-hydrogen) atoms. The van der Waals surface area contributed by atoms with Crippen LogP contribution in [0.2, 0.25) is 0 Å². The van der Waals surface area contributed by atoms with Crippen LogP contribution in [-0.2, 0) is 6.54 Å². The first-order chi connectivity index (χ1) is 9.74. The predicted molar refractivity (Wildman–Crippen MR) is 81.1 cm³/mol. The molecule has 0 unspecified atom stereocenters. The molecule has 5 heteroatoms. The molecule has 3 rings (SSSR count). The Morgan fingerprint density at radius 1 is 1.20 bits per heavy atom. The molecule has 0 atom stereocenters. The summed E-state index contributed by atoms with van der Waals surface area (Å²) in [5, 5.41) is 3.39. The fourth-order valence-corrected chi connectivity index (χ4v) is 2.15. The van der Waals surface area contributed by atoms with Crippen molar-refractivity contribution in [3.8, 4) is 0 Å². The van der Waals surface area contributed by atoms with Crippen molar-refractivity contribution in [2.75, 3.05) is 24.3 Å². The molecule has 0 bridgehead atoms. The van der Waals surface area contributed by atoms with Crippen LogP contribution < -0.4 is 10.2 Å². The van der Waals surface area contributed by atoms with Gasteiger partial charge in [0.2, 0.25) is 0 Å². The zero-order valence-electron chi connectivity index (χ0n) is 11.6. The number of nitrogens with zero attached hydrogens (tertiary/aromatic N) is 4. The van der Waals surface area contributed by atoms with Crippen LogP contribution in [0.15, 0.2) is 48.9 Å². The SMILES string of the molecule is CN(C)c1ncccc1NCc1cn2ccccc2n1. The largest absolute Gasteiger partial charge is 0.376 e. The molecule has 5 nitrogen and oxygen atoms in total. The molecular weight excluding hydrogens is 250 g/mol. The van der Waals surface area contributed by atoms with E-state index in [-0.39, 0.29) is 0 Å². The lowest BCUT2D eigenvalue weighted by molar-refractivity contribution is 1.03. The average molecular weight is 267 g/mol. The summed E-state index contributed by atoms with van der Waals surface area (Å²) < 4.78 is 2.02. The van der Waals surface area contributed by atoms with Crippen molar-refractivity contribution in [2.45, 2.75) is 6.54 Å². The second kappa shape index (κ2) is 5.21. The van der Waals surface area contributed by atoms with E-state index in [0.29, 0.717) is 6.54 Å². The highest BCUT2D eigenvalue weighted by Gasteiger charge is 2.06. The molecule has 3 aromatic heterocycles. The number of hydrogen-bond acceptors (Lipinski definition) is 4. The third kappa shape index (κ3) is 2.42. The third-order valence-electron chi connectivity index (χ3n) is 3.08. The Morgan fingerprint density at radius 3 is 2.90 bits per heavy atom. The van der Waals surface area contributed by atoms with Crippen LogP contribution >= 0.6 is 0 Å². The van der Waals surface area contributed by atoms with E-state index >= 15 is 0 Å². The van der Waals surface area contributed by atoms with E-state index in [1.54, 1.807) is 6.20 Å². The van der Waals surface area contributed by atoms with E-state index in [1.165, 1.54) is 0 Å². The number of pyridine rings is 2. The molecule has 0 spiro atoms. The van der Waals surface area contributed by atoms with Gasteiger partial charge in [-0.15, -0.1) is 0 Å². The smallest absolute Gasteiger partial charge is 0.151 e. The summed E-state index contributed by atoms with van der Waals surface area (Å²) >= 11 is 0. The summed E-state index contributed by atoms with van der Waals surface area (Å²) in [5.74, 6) is 0.927. The summed E-state index contributed by atoms with van der Waals surface area (Å²) in [6.45, 7) is 0.675. The number of imidazole rings is 1. The van der Waals surface area contributed by atoms with Crippen molar-refractivity contribution in [3.05, 3.63) is 54.6 Å². The summed E-state index contributed by atoms with van der Waals surface area (Å²) in [6.07, 6.45) is 5.83. The standard InChI is InChI=1S/C15H17N5/c1-19(2)15-13(6-5-8-16-15)17-10-12-11-20-9-4-3-7-14(20)18-12/h3-9,11,17H,10H2,1-2H3. The molecular formula is C15H17N5. The van der Waals surface area contributed by atoms with Gasteiger partial charge in [-0.3, -0.25) is 0 Å². The van der Waals surface area contributed by atoms with E-state index in [4.69, 9.17) is 0 Å². The van der Waals surface area contributed by atoms with Gasteiger partial charge in [-0.2, -0.15) is 0 Å². The van der Waals surface area contributed by atoms with E-state index in [2.05, 4.69) is 15.3 Å². The van der Waals surface area contributed by atoms with E-state index in [0.717, 1.165) is 22.8 Å². The highest BCUT2D eigenvalue weighted by molar-refractivity contribution is 5.64. The lowest BCUT2D eigenvalue weighted by Crippen LogP contribution is -2.13. The maximum absolute atomic E-state index is 4.57. The number of rotatable bonds is 4. The number of nitrogens with one attached hydrogen (secondary N) is 1. The lowest BCUT2D eigenvalue weighted by Gasteiger charge is -2.16. The van der Waals surface area contributed by atoms with Crippen LogP contribution in [0.1, 0.15) is 5.69 Å². The van der Waals surface area contributed by atoms with Gasteiger partial charge in [0, 0.05) is 32.7 Å². The highest BCUT2D eigenvalue weighted by atomic mass is 15.2. The van der Waals surface area contributed by atoms with Gasteiger partial charge in [0.1, 0.15) is 5.65 Å². The van der Waals surface area contributed by atoms with Gasteiger partial charge in [0.25, 0.3) is 0 Å². The van der Waals surface area contributed by atoms with Crippen molar-refractivity contribution < 1.29 is 0 Å². The van der Waals surface area contributed by atoms with E-state index in [9.17, 15) is 0 Å². The van der Waals surface area contributed by atoms with Gasteiger partial charge in [0.15, 0.2) is 5.82 Å². The van der Waals surface area contributed by atoms with Crippen molar-refractivity contribution in [1.82, 2.24) is 14.4 Å². The maximum Gasteiger partial charge on any atom is 0.151 e.